The Morgan fingerprint density at radius 3 is 2.59 bits per heavy atom. The Morgan fingerprint density at radius 1 is 1.14 bits per heavy atom. The number of amides is 1. The molecule has 2 aromatic rings. The van der Waals surface area contributed by atoms with Crippen molar-refractivity contribution >= 4 is 29.0 Å². The molecule has 0 unspecified atom stereocenters. The first-order valence-corrected chi connectivity index (χ1v) is 7.34. The summed E-state index contributed by atoms with van der Waals surface area (Å²) in [4.78, 5) is 14.0. The minimum atomic E-state index is -0.125. The molecule has 0 radical (unpaired) electrons. The molecule has 0 spiro atoms. The van der Waals surface area contributed by atoms with Crippen molar-refractivity contribution in [2.24, 2.45) is 0 Å². The molecule has 0 bridgehead atoms. The third-order valence-corrected chi connectivity index (χ3v) is 3.65. The van der Waals surface area contributed by atoms with E-state index >= 15 is 0 Å². The summed E-state index contributed by atoms with van der Waals surface area (Å²) in [5.41, 5.74) is 1.07. The number of nitrogens with zero attached hydrogens (tertiary/aromatic N) is 3. The van der Waals surface area contributed by atoms with E-state index in [0.29, 0.717) is 42.8 Å². The monoisotopic (exact) mass is 318 g/mol. The zero-order valence-corrected chi connectivity index (χ0v) is 12.6. The number of aromatic nitrogens is 2. The van der Waals surface area contributed by atoms with Gasteiger partial charge < -0.3 is 15.0 Å². The summed E-state index contributed by atoms with van der Waals surface area (Å²) in [5.74, 6) is 0.409. The maximum Gasteiger partial charge on any atom is 0.274 e. The van der Waals surface area contributed by atoms with Crippen LogP contribution in [0.25, 0.3) is 0 Å². The fraction of sp³-hybridized carbons (Fsp3) is 0.267. The van der Waals surface area contributed by atoms with Gasteiger partial charge in [-0.15, -0.1) is 10.2 Å². The molecule has 0 aliphatic carbocycles. The second-order valence-corrected chi connectivity index (χ2v) is 5.22. The quantitative estimate of drug-likeness (QED) is 0.941. The predicted molar refractivity (Wildman–Crippen MR) is 83.5 cm³/mol. The van der Waals surface area contributed by atoms with Crippen LogP contribution in [0.3, 0.4) is 0 Å². The Bertz CT molecular complexity index is 657. The van der Waals surface area contributed by atoms with Gasteiger partial charge >= 0.3 is 0 Å². The third-order valence-electron chi connectivity index (χ3n) is 3.32. The number of carbonyl (C=O) groups is 1. The van der Waals surface area contributed by atoms with Crippen molar-refractivity contribution < 1.29 is 9.53 Å². The highest BCUT2D eigenvalue weighted by molar-refractivity contribution is 6.33. The normalized spacial score (nSPS) is 14.7. The summed E-state index contributed by atoms with van der Waals surface area (Å²) in [6.07, 6.45) is 0. The Morgan fingerprint density at radius 2 is 1.91 bits per heavy atom. The van der Waals surface area contributed by atoms with Crippen LogP contribution in [0.2, 0.25) is 5.02 Å². The Hall–Kier alpha value is -2.18. The minimum Gasteiger partial charge on any atom is -0.378 e. The first-order chi connectivity index (χ1) is 10.7. The van der Waals surface area contributed by atoms with Gasteiger partial charge in [-0.25, -0.2) is 0 Å². The molecular weight excluding hydrogens is 304 g/mol. The van der Waals surface area contributed by atoms with E-state index in [0.717, 1.165) is 5.69 Å². The maximum atomic E-state index is 12.2. The van der Waals surface area contributed by atoms with Crippen molar-refractivity contribution in [1.82, 2.24) is 15.1 Å². The molecule has 1 amide bonds. The molecule has 1 saturated heterocycles. The van der Waals surface area contributed by atoms with Crippen molar-refractivity contribution in [3.63, 3.8) is 0 Å². The highest BCUT2D eigenvalue weighted by Gasteiger charge is 2.19. The van der Waals surface area contributed by atoms with Gasteiger partial charge in [-0.1, -0.05) is 23.7 Å². The van der Waals surface area contributed by atoms with Gasteiger partial charge in [0.05, 0.1) is 23.9 Å². The first-order valence-electron chi connectivity index (χ1n) is 6.96. The van der Waals surface area contributed by atoms with Gasteiger partial charge in [0.25, 0.3) is 5.91 Å². The summed E-state index contributed by atoms with van der Waals surface area (Å²) in [7, 11) is 0. The number of rotatable bonds is 3. The van der Waals surface area contributed by atoms with Gasteiger partial charge in [0.1, 0.15) is 0 Å². The SMILES string of the molecule is O=C(c1ccc(Nc2ccccc2Cl)nn1)N1CCOCC1. The second-order valence-electron chi connectivity index (χ2n) is 4.81. The summed E-state index contributed by atoms with van der Waals surface area (Å²) in [5, 5.41) is 11.7. The number of carbonyl (C=O) groups excluding carboxylic acids is 1. The summed E-state index contributed by atoms with van der Waals surface area (Å²) < 4.78 is 5.23. The molecule has 1 aliphatic rings. The van der Waals surface area contributed by atoms with Crippen LogP contribution in [0.5, 0.6) is 0 Å². The van der Waals surface area contributed by atoms with Crippen molar-refractivity contribution in [3.8, 4) is 0 Å². The number of morpholine rings is 1. The zero-order valence-electron chi connectivity index (χ0n) is 11.8. The molecule has 1 N–H and O–H groups in total. The number of ether oxygens (including phenoxy) is 1. The number of nitrogens with one attached hydrogen (secondary N) is 1. The lowest BCUT2D eigenvalue weighted by molar-refractivity contribution is 0.0298. The van der Waals surface area contributed by atoms with Gasteiger partial charge in [0, 0.05) is 13.1 Å². The smallest absolute Gasteiger partial charge is 0.274 e. The molecule has 114 valence electrons. The lowest BCUT2D eigenvalue weighted by atomic mass is 10.3. The van der Waals surface area contributed by atoms with E-state index in [4.69, 9.17) is 16.3 Å². The van der Waals surface area contributed by atoms with Crippen LogP contribution in [-0.4, -0.2) is 47.3 Å². The Balaban J connectivity index is 1.70. The van der Waals surface area contributed by atoms with Crippen molar-refractivity contribution in [2.75, 3.05) is 31.6 Å². The summed E-state index contributed by atoms with van der Waals surface area (Å²) >= 11 is 6.07. The van der Waals surface area contributed by atoms with Crippen LogP contribution >= 0.6 is 11.6 Å². The van der Waals surface area contributed by atoms with Crippen LogP contribution in [-0.2, 0) is 4.74 Å². The molecule has 1 aromatic heterocycles. The number of benzene rings is 1. The van der Waals surface area contributed by atoms with Crippen molar-refractivity contribution in [2.45, 2.75) is 0 Å². The lowest BCUT2D eigenvalue weighted by Gasteiger charge is -2.26. The standard InChI is InChI=1S/C15H15ClN4O2/c16-11-3-1-2-4-12(11)17-14-6-5-13(18-19-14)15(21)20-7-9-22-10-8-20/h1-6H,7-10H2,(H,17,19). The van der Waals surface area contributed by atoms with Gasteiger partial charge in [-0.05, 0) is 24.3 Å². The van der Waals surface area contributed by atoms with E-state index in [-0.39, 0.29) is 5.91 Å². The van der Waals surface area contributed by atoms with E-state index in [1.807, 2.05) is 18.2 Å². The molecule has 1 aliphatic heterocycles. The fourth-order valence-corrected chi connectivity index (χ4v) is 2.32. The van der Waals surface area contributed by atoms with Gasteiger partial charge in [-0.2, -0.15) is 0 Å². The van der Waals surface area contributed by atoms with E-state index in [2.05, 4.69) is 15.5 Å². The summed E-state index contributed by atoms with van der Waals surface area (Å²) in [6.45, 7) is 2.29. The average molecular weight is 319 g/mol. The number of hydrogen-bond acceptors (Lipinski definition) is 5. The Labute approximate surface area is 133 Å². The van der Waals surface area contributed by atoms with Crippen LogP contribution in [0.1, 0.15) is 10.5 Å². The highest BCUT2D eigenvalue weighted by atomic mass is 35.5. The predicted octanol–water partition coefficient (Wildman–Crippen LogP) is 2.35. The number of hydrogen-bond donors (Lipinski definition) is 1. The molecule has 1 aromatic carbocycles. The lowest BCUT2D eigenvalue weighted by Crippen LogP contribution is -2.41. The molecule has 1 fully saturated rings. The number of halogens is 1. The van der Waals surface area contributed by atoms with Gasteiger partial charge in [0.2, 0.25) is 0 Å². The Kier molecular flexibility index (Phi) is 4.50. The van der Waals surface area contributed by atoms with Crippen LogP contribution < -0.4 is 5.32 Å². The van der Waals surface area contributed by atoms with E-state index < -0.39 is 0 Å². The van der Waals surface area contributed by atoms with Crippen molar-refractivity contribution in [3.05, 3.63) is 47.1 Å². The molecule has 0 saturated carbocycles. The third kappa shape index (κ3) is 3.35. The van der Waals surface area contributed by atoms with E-state index in [9.17, 15) is 4.79 Å². The molecule has 22 heavy (non-hydrogen) atoms. The van der Waals surface area contributed by atoms with Gasteiger partial charge in [-0.3, -0.25) is 4.79 Å². The van der Waals surface area contributed by atoms with E-state index in [1.54, 1.807) is 23.1 Å². The maximum absolute atomic E-state index is 12.2. The zero-order chi connectivity index (χ0) is 15.4. The second kappa shape index (κ2) is 6.72. The molecular formula is C15H15ClN4O2. The fourth-order valence-electron chi connectivity index (χ4n) is 2.14. The molecule has 7 heteroatoms. The van der Waals surface area contributed by atoms with Crippen LogP contribution in [0, 0.1) is 0 Å². The molecule has 0 atom stereocenters. The van der Waals surface area contributed by atoms with Crippen molar-refractivity contribution in [1.29, 1.82) is 0 Å². The largest absolute Gasteiger partial charge is 0.378 e. The molecule has 2 heterocycles. The topological polar surface area (TPSA) is 67.4 Å². The minimum absolute atomic E-state index is 0.125. The number of anilines is 2. The average Bonchev–Trinajstić information content (AvgIpc) is 2.58. The van der Waals surface area contributed by atoms with Crippen LogP contribution in [0.15, 0.2) is 36.4 Å². The molecule has 6 nitrogen and oxygen atoms in total. The summed E-state index contributed by atoms with van der Waals surface area (Å²) in [6, 6.07) is 10.7. The number of para-hydroxylation sites is 1. The first kappa shape index (κ1) is 14.7. The van der Waals surface area contributed by atoms with Crippen LogP contribution in [0.4, 0.5) is 11.5 Å². The molecule has 3 rings (SSSR count). The highest BCUT2D eigenvalue weighted by Crippen LogP contribution is 2.23. The van der Waals surface area contributed by atoms with E-state index in [1.165, 1.54) is 0 Å². The van der Waals surface area contributed by atoms with Gasteiger partial charge in [0.15, 0.2) is 11.5 Å².